The van der Waals surface area contributed by atoms with Gasteiger partial charge in [-0.2, -0.15) is 0 Å². The minimum absolute atomic E-state index is 0.0784. The van der Waals surface area contributed by atoms with Gasteiger partial charge in [-0.25, -0.2) is 0 Å². The van der Waals surface area contributed by atoms with E-state index in [1.807, 2.05) is 6.08 Å². The zero-order valence-electron chi connectivity index (χ0n) is 21.7. The van der Waals surface area contributed by atoms with Crippen LogP contribution in [0.4, 0.5) is 0 Å². The molecular formula is C29H45BrO3. The van der Waals surface area contributed by atoms with Gasteiger partial charge in [0.05, 0.1) is 4.83 Å². The Kier molecular flexibility index (Phi) is 7.27. The van der Waals surface area contributed by atoms with Gasteiger partial charge in [0.1, 0.15) is 6.10 Å². The summed E-state index contributed by atoms with van der Waals surface area (Å²) in [6.45, 7) is 13.5. The zero-order chi connectivity index (χ0) is 24.1. The molecule has 3 fully saturated rings. The van der Waals surface area contributed by atoms with E-state index in [1.165, 1.54) is 51.9 Å². The van der Waals surface area contributed by atoms with Crippen molar-refractivity contribution in [2.24, 2.45) is 46.3 Å². The van der Waals surface area contributed by atoms with Crippen molar-refractivity contribution in [3.05, 3.63) is 11.6 Å². The molecule has 9 atom stereocenters. The fourth-order valence-corrected chi connectivity index (χ4v) is 9.77. The Morgan fingerprint density at radius 1 is 1.09 bits per heavy atom. The van der Waals surface area contributed by atoms with Gasteiger partial charge >= 0.3 is 5.97 Å². The zero-order valence-corrected chi connectivity index (χ0v) is 23.2. The number of Topliss-reactive ketones (excluding diaryl/α,β-unsaturated/α-hetero) is 1. The molecule has 0 aromatic rings. The van der Waals surface area contributed by atoms with Crippen molar-refractivity contribution in [3.8, 4) is 0 Å². The molecule has 4 heteroatoms. The Morgan fingerprint density at radius 3 is 2.48 bits per heavy atom. The first kappa shape index (κ1) is 25.5. The van der Waals surface area contributed by atoms with Crippen LogP contribution in [0.3, 0.4) is 0 Å². The van der Waals surface area contributed by atoms with Gasteiger partial charge in [0.2, 0.25) is 0 Å². The van der Waals surface area contributed by atoms with Gasteiger partial charge in [0, 0.05) is 12.5 Å². The highest BCUT2D eigenvalue weighted by molar-refractivity contribution is 9.10. The smallest absolute Gasteiger partial charge is 0.303 e. The van der Waals surface area contributed by atoms with Crippen molar-refractivity contribution >= 4 is 27.7 Å². The molecule has 4 rings (SSSR count). The Bertz CT molecular complexity index is 803. The van der Waals surface area contributed by atoms with Crippen molar-refractivity contribution in [1.29, 1.82) is 0 Å². The normalized spacial score (nSPS) is 43.4. The monoisotopic (exact) mass is 520 g/mol. The number of halogens is 1. The maximum Gasteiger partial charge on any atom is 0.303 e. The largest absolute Gasteiger partial charge is 0.458 e. The number of ether oxygens (including phenoxy) is 1. The third kappa shape index (κ3) is 4.40. The van der Waals surface area contributed by atoms with Crippen molar-refractivity contribution in [1.82, 2.24) is 0 Å². The van der Waals surface area contributed by atoms with E-state index in [2.05, 4.69) is 50.5 Å². The summed E-state index contributed by atoms with van der Waals surface area (Å²) in [7, 11) is 0. The Hall–Kier alpha value is -0.640. The Morgan fingerprint density at radius 2 is 1.82 bits per heavy atom. The summed E-state index contributed by atoms with van der Waals surface area (Å²) < 4.78 is 5.49. The van der Waals surface area contributed by atoms with E-state index in [9.17, 15) is 9.59 Å². The number of hydrogen-bond donors (Lipinski definition) is 0. The predicted molar refractivity (Wildman–Crippen MR) is 137 cm³/mol. The maximum atomic E-state index is 13.7. The summed E-state index contributed by atoms with van der Waals surface area (Å²) in [5, 5.41) is 0. The molecule has 3 saturated carbocycles. The van der Waals surface area contributed by atoms with E-state index in [-0.39, 0.29) is 28.1 Å². The van der Waals surface area contributed by atoms with Gasteiger partial charge in [-0.05, 0) is 90.9 Å². The predicted octanol–water partition coefficient (Wildman–Crippen LogP) is 7.51. The molecular weight excluding hydrogens is 476 g/mol. The number of alkyl halides is 1. The molecule has 4 aliphatic carbocycles. The van der Waals surface area contributed by atoms with Crippen LogP contribution in [0.15, 0.2) is 11.6 Å². The number of fused-ring (bicyclic) bond motifs is 5. The molecule has 0 saturated heterocycles. The van der Waals surface area contributed by atoms with Crippen molar-refractivity contribution in [2.75, 3.05) is 0 Å². The number of esters is 1. The molecule has 0 N–H and O–H groups in total. The van der Waals surface area contributed by atoms with Crippen LogP contribution in [0, 0.1) is 46.3 Å². The second kappa shape index (κ2) is 9.43. The maximum absolute atomic E-state index is 13.7. The average molecular weight is 522 g/mol. The van der Waals surface area contributed by atoms with Gasteiger partial charge in [-0.3, -0.25) is 9.59 Å². The van der Waals surface area contributed by atoms with Crippen LogP contribution in [-0.4, -0.2) is 22.7 Å². The number of rotatable bonds is 6. The molecule has 0 aromatic carbocycles. The van der Waals surface area contributed by atoms with Crippen LogP contribution in [0.1, 0.15) is 99.3 Å². The standard InChI is InChI=1S/C29H45BrO3/c1-17(2)8-7-9-18(3)21-10-11-22-25-23(13-15-28(21,22)5)29(6)14-12-20(33-19(4)31)16-24(29)27(32)26(25)30/h16-18,20-23,25-26H,7-15H2,1-6H3/t18-,20+,21-,22+,23+,25+,26+,28-,29-/m1/s1. The van der Waals surface area contributed by atoms with E-state index >= 15 is 0 Å². The third-order valence-electron chi connectivity index (χ3n) is 10.4. The number of ketones is 1. The molecule has 3 nitrogen and oxygen atoms in total. The van der Waals surface area contributed by atoms with Crippen LogP contribution < -0.4 is 0 Å². The summed E-state index contributed by atoms with van der Waals surface area (Å²) in [6, 6.07) is 0. The molecule has 0 bridgehead atoms. The second-order valence-electron chi connectivity index (χ2n) is 12.8. The summed E-state index contributed by atoms with van der Waals surface area (Å²) in [6.07, 6.45) is 12.7. The molecule has 0 amide bonds. The lowest BCUT2D eigenvalue weighted by molar-refractivity contribution is -0.146. The first-order valence-corrected chi connectivity index (χ1v) is 14.5. The van der Waals surface area contributed by atoms with Gasteiger partial charge in [-0.15, -0.1) is 0 Å². The molecule has 4 aliphatic rings. The van der Waals surface area contributed by atoms with E-state index in [4.69, 9.17) is 4.74 Å². The molecule has 0 aromatic heterocycles. The lowest BCUT2D eigenvalue weighted by Gasteiger charge is -2.59. The number of carbonyl (C=O) groups is 2. The highest BCUT2D eigenvalue weighted by Gasteiger charge is 2.63. The molecule has 0 spiro atoms. The van der Waals surface area contributed by atoms with Gasteiger partial charge in [-0.1, -0.05) is 69.8 Å². The van der Waals surface area contributed by atoms with Crippen molar-refractivity contribution < 1.29 is 14.3 Å². The van der Waals surface area contributed by atoms with E-state index in [1.54, 1.807) is 0 Å². The van der Waals surface area contributed by atoms with Crippen molar-refractivity contribution in [2.45, 2.75) is 110 Å². The van der Waals surface area contributed by atoms with E-state index in [0.29, 0.717) is 23.2 Å². The lowest BCUT2D eigenvalue weighted by atomic mass is 9.46. The van der Waals surface area contributed by atoms with Gasteiger partial charge in [0.25, 0.3) is 0 Å². The second-order valence-corrected chi connectivity index (χ2v) is 13.8. The molecule has 0 radical (unpaired) electrons. The topological polar surface area (TPSA) is 43.4 Å². The first-order valence-electron chi connectivity index (χ1n) is 13.6. The summed E-state index contributed by atoms with van der Waals surface area (Å²) >= 11 is 3.93. The van der Waals surface area contributed by atoms with E-state index < -0.39 is 0 Å². The minimum atomic E-state index is -0.259. The molecule has 0 heterocycles. The Balaban J connectivity index is 1.56. The van der Waals surface area contributed by atoms with Crippen LogP contribution in [0.2, 0.25) is 0 Å². The first-order chi connectivity index (χ1) is 15.5. The van der Waals surface area contributed by atoms with Crippen LogP contribution in [0.5, 0.6) is 0 Å². The molecule has 186 valence electrons. The lowest BCUT2D eigenvalue weighted by Crippen LogP contribution is -2.57. The van der Waals surface area contributed by atoms with Crippen LogP contribution in [-0.2, 0) is 14.3 Å². The average Bonchev–Trinajstić information content (AvgIpc) is 3.09. The third-order valence-corrected chi connectivity index (χ3v) is 11.5. The van der Waals surface area contributed by atoms with E-state index in [0.717, 1.165) is 36.2 Å². The van der Waals surface area contributed by atoms with Crippen LogP contribution in [0.25, 0.3) is 0 Å². The minimum Gasteiger partial charge on any atom is -0.458 e. The van der Waals surface area contributed by atoms with Gasteiger partial charge in [0.15, 0.2) is 5.78 Å². The highest BCUT2D eigenvalue weighted by Crippen LogP contribution is 2.68. The molecule has 0 aliphatic heterocycles. The Labute approximate surface area is 210 Å². The van der Waals surface area contributed by atoms with Gasteiger partial charge < -0.3 is 4.74 Å². The van der Waals surface area contributed by atoms with Crippen molar-refractivity contribution in [3.63, 3.8) is 0 Å². The fourth-order valence-electron chi connectivity index (χ4n) is 8.79. The highest BCUT2D eigenvalue weighted by atomic mass is 79.9. The summed E-state index contributed by atoms with van der Waals surface area (Å²) in [5.74, 6) is 3.95. The molecule has 33 heavy (non-hydrogen) atoms. The summed E-state index contributed by atoms with van der Waals surface area (Å²) in [5.41, 5.74) is 1.21. The molecule has 0 unspecified atom stereocenters. The number of allylic oxidation sites excluding steroid dienone is 1. The van der Waals surface area contributed by atoms with Crippen LogP contribution >= 0.6 is 15.9 Å². The summed E-state index contributed by atoms with van der Waals surface area (Å²) in [4.78, 5) is 25.1. The quantitative estimate of drug-likeness (QED) is 0.268. The number of hydrogen-bond acceptors (Lipinski definition) is 3. The fraction of sp³-hybridized carbons (Fsp3) is 0.862. The SMILES string of the molecule is CC(=O)O[C@@H]1C=C2C(=O)[C@@H](Br)[C@H]3[C@@H]4CC[C@H]([C@H](C)CCCC(C)C)[C@@]4(C)CC[C@@H]3[C@@]2(C)CC1. The number of carbonyl (C=O) groups excluding carboxylic acids is 2.